The van der Waals surface area contributed by atoms with Gasteiger partial charge < -0.3 is 9.64 Å². The maximum absolute atomic E-state index is 5.65. The summed E-state index contributed by atoms with van der Waals surface area (Å²) in [5, 5.41) is 0. The zero-order valence-electron chi connectivity index (χ0n) is 11.4. The van der Waals surface area contributed by atoms with E-state index in [1.165, 1.54) is 0 Å². The van der Waals surface area contributed by atoms with Gasteiger partial charge in [-0.25, -0.2) is 9.97 Å². The number of hydrogen-bond acceptors (Lipinski definition) is 4. The molecule has 1 aliphatic rings. The van der Waals surface area contributed by atoms with Crippen molar-refractivity contribution in [3.05, 3.63) is 16.5 Å². The van der Waals surface area contributed by atoms with E-state index in [1.807, 2.05) is 6.07 Å². The summed E-state index contributed by atoms with van der Waals surface area (Å²) in [5.74, 6) is 2.20. The predicted molar refractivity (Wildman–Crippen MR) is 76.0 cm³/mol. The van der Waals surface area contributed by atoms with Gasteiger partial charge in [0, 0.05) is 18.5 Å². The summed E-state index contributed by atoms with van der Waals surface area (Å²) in [6.07, 6.45) is 0.248. The van der Waals surface area contributed by atoms with Crippen LogP contribution in [0.5, 0.6) is 0 Å². The Bertz CT molecular complexity index is 425. The first-order valence-corrected chi connectivity index (χ1v) is 7.19. The van der Waals surface area contributed by atoms with Gasteiger partial charge in [0.2, 0.25) is 0 Å². The van der Waals surface area contributed by atoms with Crippen LogP contribution < -0.4 is 4.90 Å². The SMILES string of the molecule is CC1CN(c2cc(Br)nc(C(C)C)n2)C(C)CO1. The van der Waals surface area contributed by atoms with Crippen LogP contribution >= 0.6 is 15.9 Å². The number of anilines is 1. The van der Waals surface area contributed by atoms with Gasteiger partial charge in [-0.05, 0) is 29.8 Å². The average molecular weight is 314 g/mol. The maximum atomic E-state index is 5.65. The van der Waals surface area contributed by atoms with Gasteiger partial charge in [-0.1, -0.05) is 13.8 Å². The van der Waals surface area contributed by atoms with Crippen molar-refractivity contribution in [2.75, 3.05) is 18.1 Å². The lowest BCUT2D eigenvalue weighted by Gasteiger charge is -2.37. The van der Waals surface area contributed by atoms with E-state index in [-0.39, 0.29) is 6.10 Å². The summed E-state index contributed by atoms with van der Waals surface area (Å²) in [5.41, 5.74) is 0. The highest BCUT2D eigenvalue weighted by Crippen LogP contribution is 2.24. The topological polar surface area (TPSA) is 38.2 Å². The summed E-state index contributed by atoms with van der Waals surface area (Å²) >= 11 is 3.47. The molecule has 0 amide bonds. The van der Waals surface area contributed by atoms with Crippen molar-refractivity contribution in [3.8, 4) is 0 Å². The number of hydrogen-bond donors (Lipinski definition) is 0. The normalized spacial score (nSPS) is 24.7. The molecule has 0 aliphatic carbocycles. The molecule has 0 N–H and O–H groups in total. The van der Waals surface area contributed by atoms with Crippen LogP contribution in [-0.2, 0) is 4.74 Å². The van der Waals surface area contributed by atoms with Crippen LogP contribution in [-0.4, -0.2) is 35.3 Å². The van der Waals surface area contributed by atoms with Crippen molar-refractivity contribution in [1.29, 1.82) is 0 Å². The van der Waals surface area contributed by atoms with Crippen LogP contribution in [0.3, 0.4) is 0 Å². The Morgan fingerprint density at radius 3 is 2.78 bits per heavy atom. The lowest BCUT2D eigenvalue weighted by atomic mass is 10.2. The highest BCUT2D eigenvalue weighted by atomic mass is 79.9. The molecule has 100 valence electrons. The van der Waals surface area contributed by atoms with Gasteiger partial charge in [-0.3, -0.25) is 0 Å². The third-order valence-corrected chi connectivity index (χ3v) is 3.52. The minimum absolute atomic E-state index is 0.248. The molecule has 0 saturated carbocycles. The summed E-state index contributed by atoms with van der Waals surface area (Å²) in [6, 6.07) is 2.34. The number of morpholine rings is 1. The molecule has 0 bridgehead atoms. The Hall–Kier alpha value is -0.680. The second-order valence-corrected chi connectivity index (χ2v) is 6.02. The fourth-order valence-electron chi connectivity index (χ4n) is 2.05. The Morgan fingerprint density at radius 2 is 2.11 bits per heavy atom. The van der Waals surface area contributed by atoms with E-state index >= 15 is 0 Å². The van der Waals surface area contributed by atoms with Gasteiger partial charge in [0.25, 0.3) is 0 Å². The molecular weight excluding hydrogens is 294 g/mol. The van der Waals surface area contributed by atoms with Crippen molar-refractivity contribution in [2.24, 2.45) is 0 Å². The molecule has 2 heterocycles. The first-order valence-electron chi connectivity index (χ1n) is 6.40. The minimum Gasteiger partial charge on any atom is -0.375 e. The molecule has 2 unspecified atom stereocenters. The number of halogens is 1. The van der Waals surface area contributed by atoms with Crippen molar-refractivity contribution >= 4 is 21.7 Å². The molecule has 1 saturated heterocycles. The molecule has 1 aliphatic heterocycles. The van der Waals surface area contributed by atoms with E-state index in [1.54, 1.807) is 0 Å². The highest BCUT2D eigenvalue weighted by Gasteiger charge is 2.25. The van der Waals surface area contributed by atoms with E-state index in [0.29, 0.717) is 12.0 Å². The first-order chi connectivity index (χ1) is 8.47. The Labute approximate surface area is 117 Å². The lowest BCUT2D eigenvalue weighted by Crippen LogP contribution is -2.47. The Kier molecular flexibility index (Phi) is 4.22. The number of rotatable bonds is 2. The summed E-state index contributed by atoms with van der Waals surface area (Å²) in [7, 11) is 0. The van der Waals surface area contributed by atoms with E-state index in [9.17, 15) is 0 Å². The summed E-state index contributed by atoms with van der Waals surface area (Å²) < 4.78 is 6.50. The van der Waals surface area contributed by atoms with E-state index in [2.05, 4.69) is 58.5 Å². The van der Waals surface area contributed by atoms with Crippen LogP contribution in [0.2, 0.25) is 0 Å². The summed E-state index contributed by atoms with van der Waals surface area (Å²) in [6.45, 7) is 10.1. The second kappa shape index (κ2) is 5.53. The molecule has 4 nitrogen and oxygen atoms in total. The second-order valence-electron chi connectivity index (χ2n) is 5.21. The van der Waals surface area contributed by atoms with Gasteiger partial charge in [0.15, 0.2) is 0 Å². The van der Waals surface area contributed by atoms with Gasteiger partial charge in [0.05, 0.1) is 18.8 Å². The monoisotopic (exact) mass is 313 g/mol. The predicted octanol–water partition coefficient (Wildman–Crippen LogP) is 2.98. The van der Waals surface area contributed by atoms with E-state index in [0.717, 1.165) is 29.4 Å². The molecule has 5 heteroatoms. The molecule has 2 atom stereocenters. The molecular formula is C13H20BrN3O. The van der Waals surface area contributed by atoms with Crippen molar-refractivity contribution < 1.29 is 4.74 Å². The molecule has 0 spiro atoms. The Morgan fingerprint density at radius 1 is 1.39 bits per heavy atom. The van der Waals surface area contributed by atoms with Crippen molar-refractivity contribution in [1.82, 2.24) is 9.97 Å². The molecule has 1 aromatic heterocycles. The molecule has 0 aromatic carbocycles. The maximum Gasteiger partial charge on any atom is 0.134 e. The smallest absolute Gasteiger partial charge is 0.134 e. The first kappa shape index (κ1) is 13.7. The van der Waals surface area contributed by atoms with Crippen LogP contribution in [0.15, 0.2) is 10.7 Å². The van der Waals surface area contributed by atoms with Gasteiger partial charge in [-0.15, -0.1) is 0 Å². The fraction of sp³-hybridized carbons (Fsp3) is 0.692. The van der Waals surface area contributed by atoms with Gasteiger partial charge >= 0.3 is 0 Å². The third kappa shape index (κ3) is 3.01. The molecule has 18 heavy (non-hydrogen) atoms. The Balaban J connectivity index is 2.31. The zero-order valence-corrected chi connectivity index (χ0v) is 12.9. The quantitative estimate of drug-likeness (QED) is 0.787. The van der Waals surface area contributed by atoms with Crippen molar-refractivity contribution in [3.63, 3.8) is 0 Å². The molecule has 2 rings (SSSR count). The van der Waals surface area contributed by atoms with Crippen LogP contribution in [0.4, 0.5) is 5.82 Å². The minimum atomic E-state index is 0.248. The van der Waals surface area contributed by atoms with E-state index < -0.39 is 0 Å². The number of nitrogens with zero attached hydrogens (tertiary/aromatic N) is 3. The van der Waals surface area contributed by atoms with Crippen molar-refractivity contribution in [2.45, 2.75) is 45.8 Å². The fourth-order valence-corrected chi connectivity index (χ4v) is 2.44. The lowest BCUT2D eigenvalue weighted by molar-refractivity contribution is 0.0340. The largest absolute Gasteiger partial charge is 0.375 e. The van der Waals surface area contributed by atoms with Gasteiger partial charge in [0.1, 0.15) is 16.2 Å². The molecule has 1 fully saturated rings. The van der Waals surface area contributed by atoms with Crippen LogP contribution in [0.25, 0.3) is 0 Å². The average Bonchev–Trinajstić information content (AvgIpc) is 2.31. The zero-order chi connectivity index (χ0) is 13.3. The van der Waals surface area contributed by atoms with Crippen LogP contribution in [0, 0.1) is 0 Å². The highest BCUT2D eigenvalue weighted by molar-refractivity contribution is 9.10. The summed E-state index contributed by atoms with van der Waals surface area (Å²) in [4.78, 5) is 11.4. The standard InChI is InChI=1S/C13H20BrN3O/c1-8(2)13-15-11(14)5-12(16-13)17-6-10(4)18-7-9(17)3/h5,8-10H,6-7H2,1-4H3. The van der Waals surface area contributed by atoms with Crippen LogP contribution in [0.1, 0.15) is 39.4 Å². The molecule has 1 aromatic rings. The van der Waals surface area contributed by atoms with E-state index in [4.69, 9.17) is 4.74 Å². The molecule has 0 radical (unpaired) electrons. The number of aromatic nitrogens is 2. The third-order valence-electron chi connectivity index (χ3n) is 3.12. The number of ether oxygens (including phenoxy) is 1. The van der Waals surface area contributed by atoms with Gasteiger partial charge in [-0.2, -0.15) is 0 Å².